The Balaban J connectivity index is 2.03. The van der Waals surface area contributed by atoms with Crippen LogP contribution in [0.15, 0.2) is 0 Å². The van der Waals surface area contributed by atoms with Gasteiger partial charge in [0.1, 0.15) is 0 Å². The van der Waals surface area contributed by atoms with Crippen LogP contribution < -0.4 is 0 Å². The first-order valence-corrected chi connectivity index (χ1v) is 4.33. The van der Waals surface area contributed by atoms with Gasteiger partial charge >= 0.3 is 0 Å². The van der Waals surface area contributed by atoms with Gasteiger partial charge in [0.2, 0.25) is 0 Å². The number of hydrogen-bond acceptors (Lipinski definition) is 4. The number of ether oxygens (including phenoxy) is 2. The molecule has 12 heavy (non-hydrogen) atoms. The maximum absolute atomic E-state index is 8.49. The van der Waals surface area contributed by atoms with Crippen molar-refractivity contribution >= 4 is 0 Å². The van der Waals surface area contributed by atoms with Crippen molar-refractivity contribution in [2.75, 3.05) is 26.4 Å². The Morgan fingerprint density at radius 1 is 0.917 bits per heavy atom. The summed E-state index contributed by atoms with van der Waals surface area (Å²) in [6.45, 7) is 0.875. The second-order valence-corrected chi connectivity index (χ2v) is 2.84. The van der Waals surface area contributed by atoms with Crippen LogP contribution in [0.4, 0.5) is 0 Å². The SMILES string of the molecule is OCCOC1CCC1OCCO. The van der Waals surface area contributed by atoms with Gasteiger partial charge in [-0.3, -0.25) is 0 Å². The van der Waals surface area contributed by atoms with E-state index in [2.05, 4.69) is 0 Å². The van der Waals surface area contributed by atoms with Gasteiger partial charge in [-0.2, -0.15) is 0 Å². The van der Waals surface area contributed by atoms with Crippen LogP contribution in [0, 0.1) is 0 Å². The van der Waals surface area contributed by atoms with E-state index in [0.29, 0.717) is 13.2 Å². The molecule has 2 N–H and O–H groups in total. The Kier molecular flexibility index (Phi) is 4.53. The molecule has 4 nitrogen and oxygen atoms in total. The topological polar surface area (TPSA) is 58.9 Å². The third-order valence-electron chi connectivity index (χ3n) is 2.00. The van der Waals surface area contributed by atoms with Crippen LogP contribution >= 0.6 is 0 Å². The summed E-state index contributed by atoms with van der Waals surface area (Å²) in [5.41, 5.74) is 0. The van der Waals surface area contributed by atoms with Gasteiger partial charge in [0.25, 0.3) is 0 Å². The highest BCUT2D eigenvalue weighted by atomic mass is 16.6. The van der Waals surface area contributed by atoms with Gasteiger partial charge in [-0.15, -0.1) is 0 Å². The zero-order valence-electron chi connectivity index (χ0n) is 7.11. The number of hydrogen-bond donors (Lipinski definition) is 2. The second kappa shape index (κ2) is 5.48. The van der Waals surface area contributed by atoms with Crippen LogP contribution in [0.1, 0.15) is 12.8 Å². The molecule has 0 aromatic heterocycles. The molecule has 1 fully saturated rings. The molecule has 0 aliphatic heterocycles. The van der Waals surface area contributed by atoms with Crippen LogP contribution in [-0.4, -0.2) is 48.8 Å². The highest BCUT2D eigenvalue weighted by Gasteiger charge is 2.32. The molecule has 1 rings (SSSR count). The van der Waals surface area contributed by atoms with E-state index < -0.39 is 0 Å². The van der Waals surface area contributed by atoms with Crippen LogP contribution in [0.25, 0.3) is 0 Å². The van der Waals surface area contributed by atoms with Crippen molar-refractivity contribution < 1.29 is 19.7 Å². The fourth-order valence-electron chi connectivity index (χ4n) is 1.23. The summed E-state index contributed by atoms with van der Waals surface area (Å²) in [7, 11) is 0. The Morgan fingerprint density at radius 2 is 1.33 bits per heavy atom. The zero-order valence-corrected chi connectivity index (χ0v) is 7.11. The van der Waals surface area contributed by atoms with E-state index >= 15 is 0 Å². The van der Waals surface area contributed by atoms with Gasteiger partial charge < -0.3 is 19.7 Å². The smallest absolute Gasteiger partial charge is 0.0838 e. The van der Waals surface area contributed by atoms with E-state index in [1.165, 1.54) is 0 Å². The lowest BCUT2D eigenvalue weighted by molar-refractivity contribution is -0.135. The summed E-state index contributed by atoms with van der Waals surface area (Å²) in [5, 5.41) is 17.0. The molecule has 2 atom stereocenters. The van der Waals surface area contributed by atoms with Gasteiger partial charge in [-0.1, -0.05) is 0 Å². The molecule has 0 saturated heterocycles. The van der Waals surface area contributed by atoms with Crippen molar-refractivity contribution in [3.05, 3.63) is 0 Å². The molecular formula is C8H16O4. The second-order valence-electron chi connectivity index (χ2n) is 2.84. The maximum Gasteiger partial charge on any atom is 0.0838 e. The number of aliphatic hydroxyl groups excluding tert-OH is 2. The first-order chi connectivity index (χ1) is 5.88. The fraction of sp³-hybridized carbons (Fsp3) is 1.00. The molecule has 0 amide bonds. The highest BCUT2D eigenvalue weighted by Crippen LogP contribution is 2.26. The van der Waals surface area contributed by atoms with E-state index in [1.54, 1.807) is 0 Å². The van der Waals surface area contributed by atoms with Crippen molar-refractivity contribution in [3.8, 4) is 0 Å². The van der Waals surface area contributed by atoms with Crippen LogP contribution in [0.5, 0.6) is 0 Å². The Morgan fingerprint density at radius 3 is 1.58 bits per heavy atom. The minimum absolute atomic E-state index is 0.0587. The highest BCUT2D eigenvalue weighted by molar-refractivity contribution is 4.82. The Labute approximate surface area is 72.1 Å². The molecule has 1 aliphatic rings. The lowest BCUT2D eigenvalue weighted by Gasteiger charge is -2.35. The van der Waals surface area contributed by atoms with Crippen molar-refractivity contribution in [2.24, 2.45) is 0 Å². The molecule has 0 aromatic rings. The molecule has 4 heteroatoms. The normalized spacial score (nSPS) is 28.5. The fourth-order valence-corrected chi connectivity index (χ4v) is 1.23. The van der Waals surface area contributed by atoms with Crippen molar-refractivity contribution in [2.45, 2.75) is 25.0 Å². The van der Waals surface area contributed by atoms with Crippen molar-refractivity contribution in [3.63, 3.8) is 0 Å². The molecule has 0 heterocycles. The standard InChI is InChI=1S/C8H16O4/c9-3-5-11-7-1-2-8(7)12-6-4-10/h7-10H,1-6H2. The van der Waals surface area contributed by atoms with E-state index in [9.17, 15) is 0 Å². The summed E-state index contributed by atoms with van der Waals surface area (Å²) < 4.78 is 10.6. The third kappa shape index (κ3) is 2.71. The molecule has 0 radical (unpaired) electrons. The van der Waals surface area contributed by atoms with Crippen LogP contribution in [0.2, 0.25) is 0 Å². The van der Waals surface area contributed by atoms with E-state index in [-0.39, 0.29) is 25.4 Å². The minimum Gasteiger partial charge on any atom is -0.394 e. The zero-order chi connectivity index (χ0) is 8.81. The number of rotatable bonds is 6. The van der Waals surface area contributed by atoms with Crippen LogP contribution in [0.3, 0.4) is 0 Å². The lowest BCUT2D eigenvalue weighted by atomic mass is 9.92. The first-order valence-electron chi connectivity index (χ1n) is 4.33. The van der Waals surface area contributed by atoms with Gasteiger partial charge in [0.15, 0.2) is 0 Å². The monoisotopic (exact) mass is 176 g/mol. The first kappa shape index (κ1) is 9.92. The van der Waals surface area contributed by atoms with Crippen LogP contribution in [-0.2, 0) is 9.47 Å². The van der Waals surface area contributed by atoms with E-state index in [4.69, 9.17) is 19.7 Å². The molecule has 1 saturated carbocycles. The third-order valence-corrected chi connectivity index (χ3v) is 2.00. The quantitative estimate of drug-likeness (QED) is 0.574. The van der Waals surface area contributed by atoms with Crippen molar-refractivity contribution in [1.29, 1.82) is 0 Å². The largest absolute Gasteiger partial charge is 0.394 e. The molecule has 0 aromatic carbocycles. The van der Waals surface area contributed by atoms with E-state index in [1.807, 2.05) is 0 Å². The molecule has 1 aliphatic carbocycles. The van der Waals surface area contributed by atoms with Crippen molar-refractivity contribution in [1.82, 2.24) is 0 Å². The average Bonchev–Trinajstić information content (AvgIpc) is 2.04. The Bertz CT molecular complexity index is 104. The molecule has 0 spiro atoms. The Hall–Kier alpha value is -0.160. The van der Waals surface area contributed by atoms with Gasteiger partial charge in [0.05, 0.1) is 38.6 Å². The lowest BCUT2D eigenvalue weighted by Crippen LogP contribution is -2.42. The van der Waals surface area contributed by atoms with Gasteiger partial charge in [-0.25, -0.2) is 0 Å². The average molecular weight is 176 g/mol. The summed E-state index contributed by atoms with van der Waals surface area (Å²) in [5.74, 6) is 0. The molecule has 0 bridgehead atoms. The number of aliphatic hydroxyl groups is 2. The summed E-state index contributed by atoms with van der Waals surface area (Å²) >= 11 is 0. The predicted molar refractivity (Wildman–Crippen MR) is 42.9 cm³/mol. The summed E-state index contributed by atoms with van der Waals surface area (Å²) in [4.78, 5) is 0. The maximum atomic E-state index is 8.49. The summed E-state index contributed by atoms with van der Waals surface area (Å²) in [6.07, 6.45) is 2.25. The minimum atomic E-state index is 0.0587. The summed E-state index contributed by atoms with van der Waals surface area (Å²) in [6, 6.07) is 0. The predicted octanol–water partition coefficient (Wildman–Crippen LogP) is -0.465. The van der Waals surface area contributed by atoms with Gasteiger partial charge in [0, 0.05) is 0 Å². The molecule has 72 valence electrons. The molecular weight excluding hydrogens is 160 g/mol. The van der Waals surface area contributed by atoms with E-state index in [0.717, 1.165) is 12.8 Å². The van der Waals surface area contributed by atoms with Gasteiger partial charge in [-0.05, 0) is 12.8 Å². The molecule has 2 unspecified atom stereocenters.